The van der Waals surface area contributed by atoms with E-state index in [2.05, 4.69) is 9.97 Å². The number of fused-ring (bicyclic) bond motifs is 1. The van der Waals surface area contributed by atoms with Crippen molar-refractivity contribution in [1.82, 2.24) is 19.8 Å². The van der Waals surface area contributed by atoms with Gasteiger partial charge in [0.2, 0.25) is 5.88 Å². The number of ether oxygens (including phenoxy) is 1. The molecule has 0 aliphatic carbocycles. The summed E-state index contributed by atoms with van der Waals surface area (Å²) in [6.45, 7) is 4.01. The van der Waals surface area contributed by atoms with E-state index in [9.17, 15) is 19.1 Å². The smallest absolute Gasteiger partial charge is 0.259 e. The van der Waals surface area contributed by atoms with E-state index in [1.54, 1.807) is 49.6 Å². The number of aliphatic hydroxyl groups excluding tert-OH is 1. The van der Waals surface area contributed by atoms with Crippen LogP contribution < -0.4 is 4.74 Å². The van der Waals surface area contributed by atoms with Gasteiger partial charge in [0, 0.05) is 49.2 Å². The molecule has 0 unspecified atom stereocenters. The summed E-state index contributed by atoms with van der Waals surface area (Å²) < 4.78 is 19.9. The second-order valence-electron chi connectivity index (χ2n) is 9.13. The highest BCUT2D eigenvalue weighted by molar-refractivity contribution is 5.98. The van der Waals surface area contributed by atoms with Crippen molar-refractivity contribution >= 4 is 11.8 Å². The fourth-order valence-electron chi connectivity index (χ4n) is 4.22. The van der Waals surface area contributed by atoms with E-state index in [0.717, 1.165) is 11.1 Å². The van der Waals surface area contributed by atoms with Gasteiger partial charge in [0.15, 0.2) is 0 Å². The topological polar surface area (TPSA) is 95.9 Å². The second kappa shape index (κ2) is 10.8. The Morgan fingerprint density at radius 1 is 1.25 bits per heavy atom. The van der Waals surface area contributed by atoms with E-state index in [4.69, 9.17) is 4.74 Å². The quantitative estimate of drug-likeness (QED) is 0.568. The maximum Gasteiger partial charge on any atom is 0.259 e. The number of hydrogen-bond donors (Lipinski definition) is 1. The van der Waals surface area contributed by atoms with Crippen molar-refractivity contribution in [3.63, 3.8) is 0 Å². The Kier molecular flexibility index (Phi) is 7.59. The summed E-state index contributed by atoms with van der Waals surface area (Å²) in [5, 5.41) is 9.84. The van der Waals surface area contributed by atoms with Crippen LogP contribution >= 0.6 is 0 Å². The molecule has 1 N–H and O–H groups in total. The molecule has 188 valence electrons. The molecule has 36 heavy (non-hydrogen) atoms. The molecule has 1 aliphatic rings. The maximum atomic E-state index is 13.7. The summed E-state index contributed by atoms with van der Waals surface area (Å²) in [6, 6.07) is 10.5. The highest BCUT2D eigenvalue weighted by Gasteiger charge is 2.35. The number of hydrogen-bond acceptors (Lipinski definition) is 6. The van der Waals surface area contributed by atoms with Crippen LogP contribution in [0.3, 0.4) is 0 Å². The van der Waals surface area contributed by atoms with Gasteiger partial charge in [-0.3, -0.25) is 14.6 Å². The molecule has 3 aromatic rings. The molecule has 1 aliphatic heterocycles. The normalized spacial score (nSPS) is 18.5. The van der Waals surface area contributed by atoms with Gasteiger partial charge in [-0.15, -0.1) is 0 Å². The molecule has 2 aromatic heterocycles. The van der Waals surface area contributed by atoms with Crippen molar-refractivity contribution < 1.29 is 23.8 Å². The van der Waals surface area contributed by atoms with Gasteiger partial charge in [0.1, 0.15) is 17.5 Å². The first-order valence-electron chi connectivity index (χ1n) is 11.8. The molecular formula is C27H29FN4O4. The Labute approximate surface area is 209 Å². The predicted octanol–water partition coefficient (Wildman–Crippen LogP) is 3.28. The molecule has 9 heteroatoms. The molecule has 0 spiro atoms. The third-order valence-electron chi connectivity index (χ3n) is 6.41. The van der Waals surface area contributed by atoms with Gasteiger partial charge in [-0.05, 0) is 48.9 Å². The number of aliphatic hydroxyl groups is 1. The van der Waals surface area contributed by atoms with Gasteiger partial charge in [0.25, 0.3) is 11.8 Å². The van der Waals surface area contributed by atoms with Crippen LogP contribution in [-0.4, -0.2) is 75.6 Å². The third-order valence-corrected chi connectivity index (χ3v) is 6.41. The second-order valence-corrected chi connectivity index (χ2v) is 9.13. The zero-order valence-electron chi connectivity index (χ0n) is 20.5. The van der Waals surface area contributed by atoms with Gasteiger partial charge in [0.05, 0.1) is 19.2 Å². The van der Waals surface area contributed by atoms with Gasteiger partial charge in [-0.1, -0.05) is 13.0 Å². The van der Waals surface area contributed by atoms with Crippen molar-refractivity contribution in [3.05, 3.63) is 78.0 Å². The number of rotatable bonds is 6. The van der Waals surface area contributed by atoms with Crippen LogP contribution in [0.2, 0.25) is 0 Å². The first-order valence-corrected chi connectivity index (χ1v) is 11.8. The molecule has 0 bridgehead atoms. The van der Waals surface area contributed by atoms with Crippen LogP contribution in [0.15, 0.2) is 61.1 Å². The predicted molar refractivity (Wildman–Crippen MR) is 132 cm³/mol. The fraction of sp³-hybridized carbons (Fsp3) is 0.333. The average Bonchev–Trinajstić information content (AvgIpc) is 2.90. The summed E-state index contributed by atoms with van der Waals surface area (Å²) in [4.78, 5) is 38.1. The van der Waals surface area contributed by atoms with Crippen LogP contribution in [0.5, 0.6) is 5.88 Å². The maximum absolute atomic E-state index is 13.7. The Hall–Kier alpha value is -3.85. The molecule has 3 atom stereocenters. The number of carbonyl (C=O) groups is 2. The molecule has 0 saturated heterocycles. The zero-order chi connectivity index (χ0) is 25.8. The third kappa shape index (κ3) is 5.36. The van der Waals surface area contributed by atoms with E-state index in [1.165, 1.54) is 23.1 Å². The largest absolute Gasteiger partial charge is 0.472 e. The number of nitrogens with zero attached hydrogens (tertiary/aromatic N) is 4. The summed E-state index contributed by atoms with van der Waals surface area (Å²) in [5.74, 6) is -1.15. The minimum atomic E-state index is -0.507. The molecule has 4 rings (SSSR count). The first kappa shape index (κ1) is 25.2. The average molecular weight is 493 g/mol. The lowest BCUT2D eigenvalue weighted by molar-refractivity contribution is 0.0313. The molecule has 8 nitrogen and oxygen atoms in total. The summed E-state index contributed by atoms with van der Waals surface area (Å²) >= 11 is 0. The minimum absolute atomic E-state index is 0.163. The Morgan fingerprint density at radius 2 is 2.00 bits per heavy atom. The first-order chi connectivity index (χ1) is 17.3. The highest BCUT2D eigenvalue weighted by atomic mass is 19.1. The van der Waals surface area contributed by atoms with E-state index >= 15 is 0 Å². The number of carbonyl (C=O) groups excluding carboxylic acids is 2. The molecule has 3 heterocycles. The molecule has 0 fully saturated rings. The summed E-state index contributed by atoms with van der Waals surface area (Å²) in [6.07, 6.45) is 4.44. The summed E-state index contributed by atoms with van der Waals surface area (Å²) in [5.41, 5.74) is 2.10. The lowest BCUT2D eigenvalue weighted by Gasteiger charge is -2.37. The van der Waals surface area contributed by atoms with Crippen molar-refractivity contribution in [2.45, 2.75) is 26.0 Å². The fourth-order valence-corrected chi connectivity index (χ4v) is 4.22. The lowest BCUT2D eigenvalue weighted by atomic mass is 9.99. The SMILES string of the molecule is C[C@H](CO)N1C[C@H](C)[C@H](CN(C)C(=O)c2cccc(F)c2)Oc2ncc(-c3ccncc3)cc2C1=O. The monoisotopic (exact) mass is 492 g/mol. The van der Waals surface area contributed by atoms with Gasteiger partial charge in [-0.25, -0.2) is 9.37 Å². The van der Waals surface area contributed by atoms with Crippen molar-refractivity contribution in [2.75, 3.05) is 26.7 Å². The van der Waals surface area contributed by atoms with Gasteiger partial charge < -0.3 is 19.6 Å². The van der Waals surface area contributed by atoms with E-state index in [-0.39, 0.29) is 47.9 Å². The molecule has 1 aromatic carbocycles. The van der Waals surface area contributed by atoms with E-state index < -0.39 is 18.0 Å². The zero-order valence-corrected chi connectivity index (χ0v) is 20.5. The Morgan fingerprint density at radius 3 is 2.69 bits per heavy atom. The van der Waals surface area contributed by atoms with Crippen LogP contribution in [0.1, 0.15) is 34.6 Å². The number of likely N-dealkylation sites (N-methyl/N-ethyl adjacent to an activating group) is 1. The van der Waals surface area contributed by atoms with Crippen LogP contribution in [-0.2, 0) is 0 Å². The van der Waals surface area contributed by atoms with Crippen LogP contribution in [0.4, 0.5) is 4.39 Å². The van der Waals surface area contributed by atoms with E-state index in [0.29, 0.717) is 6.54 Å². The van der Waals surface area contributed by atoms with Gasteiger partial charge in [-0.2, -0.15) is 0 Å². The Balaban J connectivity index is 1.67. The lowest BCUT2D eigenvalue weighted by Crippen LogP contribution is -2.50. The van der Waals surface area contributed by atoms with Crippen molar-refractivity contribution in [1.29, 1.82) is 0 Å². The Bertz CT molecular complexity index is 1240. The number of pyridine rings is 2. The van der Waals surface area contributed by atoms with E-state index in [1.807, 2.05) is 19.1 Å². The number of aromatic nitrogens is 2. The highest BCUT2D eigenvalue weighted by Crippen LogP contribution is 2.30. The molecule has 0 saturated carbocycles. The number of benzene rings is 1. The van der Waals surface area contributed by atoms with Crippen LogP contribution in [0.25, 0.3) is 11.1 Å². The number of halogens is 1. The van der Waals surface area contributed by atoms with Crippen LogP contribution in [0, 0.1) is 11.7 Å². The number of amides is 2. The standard InChI is InChI=1S/C27H29FN4O4/c1-17-14-32(18(2)16-33)27(35)23-12-21(19-7-9-29-10-8-19)13-30-25(23)36-24(17)15-31(3)26(34)20-5-4-6-22(28)11-20/h4-13,17-18,24,33H,14-16H2,1-3H3/t17-,18+,24-/m0/s1. The van der Waals surface area contributed by atoms with Crippen molar-refractivity contribution in [2.24, 2.45) is 5.92 Å². The molecular weight excluding hydrogens is 463 g/mol. The van der Waals surface area contributed by atoms with Crippen molar-refractivity contribution in [3.8, 4) is 17.0 Å². The molecule has 0 radical (unpaired) electrons. The summed E-state index contributed by atoms with van der Waals surface area (Å²) in [7, 11) is 1.63. The van der Waals surface area contributed by atoms with Gasteiger partial charge >= 0.3 is 0 Å². The molecule has 2 amide bonds. The minimum Gasteiger partial charge on any atom is -0.472 e.